The van der Waals surface area contributed by atoms with Gasteiger partial charge in [0.1, 0.15) is 5.75 Å². The molecule has 1 aliphatic carbocycles. The molecule has 1 aliphatic rings. The molecule has 0 saturated heterocycles. The summed E-state index contributed by atoms with van der Waals surface area (Å²) in [6.45, 7) is 0. The van der Waals surface area contributed by atoms with Crippen LogP contribution in [0.25, 0.3) is 0 Å². The number of aryl methyl sites for hydroxylation is 1. The molecule has 0 bridgehead atoms. The molecule has 1 aromatic rings. The lowest BCUT2D eigenvalue weighted by Crippen LogP contribution is -2.13. The number of alkyl halides is 1. The summed E-state index contributed by atoms with van der Waals surface area (Å²) in [4.78, 5) is 0.661. The zero-order chi connectivity index (χ0) is 9.26. The number of hydrogen-bond donors (Lipinski definition) is 0. The first-order valence-corrected chi connectivity index (χ1v) is 5.51. The predicted octanol–water partition coefficient (Wildman–Crippen LogP) is 2.95. The van der Waals surface area contributed by atoms with E-state index in [2.05, 4.69) is 28.1 Å². The second-order valence-electron chi connectivity index (χ2n) is 3.47. The van der Waals surface area contributed by atoms with E-state index in [-0.39, 0.29) is 0 Å². The fourth-order valence-corrected chi connectivity index (χ4v) is 2.39. The van der Waals surface area contributed by atoms with Crippen LogP contribution in [0.4, 0.5) is 0 Å². The van der Waals surface area contributed by atoms with Crippen LogP contribution >= 0.6 is 15.9 Å². The monoisotopic (exact) mass is 240 g/mol. The van der Waals surface area contributed by atoms with Gasteiger partial charge in [0.05, 0.1) is 7.11 Å². The molecule has 2 rings (SSSR count). The van der Waals surface area contributed by atoms with Gasteiger partial charge in [-0.15, -0.1) is 0 Å². The number of hydrogen-bond acceptors (Lipinski definition) is 1. The number of rotatable bonds is 1. The SMILES string of the molecule is COc1ccc2c(c1)CC[C@H](Br)C2. The van der Waals surface area contributed by atoms with Crippen LogP contribution < -0.4 is 4.74 Å². The molecule has 70 valence electrons. The average molecular weight is 241 g/mol. The van der Waals surface area contributed by atoms with E-state index in [1.165, 1.54) is 24.0 Å². The van der Waals surface area contributed by atoms with Crippen LogP contribution in [0, 0.1) is 0 Å². The maximum atomic E-state index is 5.20. The van der Waals surface area contributed by atoms with Crippen molar-refractivity contribution in [2.75, 3.05) is 7.11 Å². The standard InChI is InChI=1S/C11H13BrO/c1-13-11-5-3-8-6-10(12)4-2-9(8)7-11/h3,5,7,10H,2,4,6H2,1H3/t10-/m0/s1. The third-order valence-electron chi connectivity index (χ3n) is 2.58. The van der Waals surface area contributed by atoms with Gasteiger partial charge < -0.3 is 4.74 Å². The van der Waals surface area contributed by atoms with Gasteiger partial charge in [0.2, 0.25) is 0 Å². The molecule has 0 radical (unpaired) electrons. The number of fused-ring (bicyclic) bond motifs is 1. The van der Waals surface area contributed by atoms with Crippen LogP contribution in [-0.4, -0.2) is 11.9 Å². The predicted molar refractivity (Wildman–Crippen MR) is 57.7 cm³/mol. The van der Waals surface area contributed by atoms with Gasteiger partial charge in [-0.3, -0.25) is 0 Å². The molecule has 0 aliphatic heterocycles. The summed E-state index contributed by atoms with van der Waals surface area (Å²) in [5.41, 5.74) is 2.92. The lowest BCUT2D eigenvalue weighted by atomic mass is 9.91. The van der Waals surface area contributed by atoms with E-state index in [4.69, 9.17) is 4.74 Å². The molecule has 1 nitrogen and oxygen atoms in total. The Bertz CT molecular complexity index is 309. The number of benzene rings is 1. The van der Waals surface area contributed by atoms with Crippen molar-refractivity contribution < 1.29 is 4.74 Å². The molecule has 0 N–H and O–H groups in total. The Morgan fingerprint density at radius 1 is 1.38 bits per heavy atom. The molecule has 0 fully saturated rings. The maximum Gasteiger partial charge on any atom is 0.119 e. The molecule has 0 aromatic heterocycles. The summed E-state index contributed by atoms with van der Waals surface area (Å²) in [6, 6.07) is 6.39. The summed E-state index contributed by atoms with van der Waals surface area (Å²) in [5, 5.41) is 0. The maximum absolute atomic E-state index is 5.20. The first-order chi connectivity index (χ1) is 6.29. The van der Waals surface area contributed by atoms with Gasteiger partial charge in [-0.1, -0.05) is 22.0 Å². The van der Waals surface area contributed by atoms with Crippen LogP contribution in [0.2, 0.25) is 0 Å². The number of methoxy groups -OCH3 is 1. The molecule has 13 heavy (non-hydrogen) atoms. The van der Waals surface area contributed by atoms with E-state index in [9.17, 15) is 0 Å². The molecular formula is C11H13BrO. The molecule has 0 heterocycles. The van der Waals surface area contributed by atoms with Crippen molar-refractivity contribution in [3.05, 3.63) is 29.3 Å². The summed E-state index contributed by atoms with van der Waals surface area (Å²) in [6.07, 6.45) is 3.56. The molecule has 0 unspecified atom stereocenters. The Hall–Kier alpha value is -0.500. The molecule has 0 saturated carbocycles. The van der Waals surface area contributed by atoms with E-state index < -0.39 is 0 Å². The van der Waals surface area contributed by atoms with E-state index in [0.717, 1.165) is 12.2 Å². The minimum Gasteiger partial charge on any atom is -0.497 e. The highest BCUT2D eigenvalue weighted by atomic mass is 79.9. The summed E-state index contributed by atoms with van der Waals surface area (Å²) >= 11 is 3.66. The van der Waals surface area contributed by atoms with E-state index in [0.29, 0.717) is 4.83 Å². The van der Waals surface area contributed by atoms with Crippen LogP contribution in [0.15, 0.2) is 18.2 Å². The minimum absolute atomic E-state index is 0.661. The summed E-state index contributed by atoms with van der Waals surface area (Å²) in [5.74, 6) is 0.978. The van der Waals surface area contributed by atoms with Gasteiger partial charge in [0.25, 0.3) is 0 Å². The lowest BCUT2D eigenvalue weighted by molar-refractivity contribution is 0.413. The Labute approximate surface area is 87.2 Å². The van der Waals surface area contributed by atoms with E-state index >= 15 is 0 Å². The van der Waals surface area contributed by atoms with Gasteiger partial charge in [-0.05, 0) is 42.5 Å². The average Bonchev–Trinajstić information content (AvgIpc) is 2.17. The van der Waals surface area contributed by atoms with Crippen molar-refractivity contribution in [3.8, 4) is 5.75 Å². The largest absolute Gasteiger partial charge is 0.497 e. The van der Waals surface area contributed by atoms with Gasteiger partial charge in [0.15, 0.2) is 0 Å². The number of halogens is 1. The van der Waals surface area contributed by atoms with Crippen molar-refractivity contribution in [1.29, 1.82) is 0 Å². The van der Waals surface area contributed by atoms with Crippen molar-refractivity contribution >= 4 is 15.9 Å². The molecule has 0 spiro atoms. The second-order valence-corrected chi connectivity index (χ2v) is 4.77. The Kier molecular flexibility index (Phi) is 2.58. The molecule has 0 amide bonds. The fourth-order valence-electron chi connectivity index (χ4n) is 1.81. The van der Waals surface area contributed by atoms with Crippen molar-refractivity contribution in [1.82, 2.24) is 0 Å². The van der Waals surface area contributed by atoms with Crippen LogP contribution in [-0.2, 0) is 12.8 Å². The van der Waals surface area contributed by atoms with Crippen molar-refractivity contribution in [2.45, 2.75) is 24.1 Å². The normalized spacial score (nSPS) is 20.9. The molecule has 1 aromatic carbocycles. The molecular weight excluding hydrogens is 228 g/mol. The zero-order valence-electron chi connectivity index (χ0n) is 7.72. The van der Waals surface area contributed by atoms with Crippen LogP contribution in [0.1, 0.15) is 17.5 Å². The highest BCUT2D eigenvalue weighted by Crippen LogP contribution is 2.28. The quantitative estimate of drug-likeness (QED) is 0.687. The highest BCUT2D eigenvalue weighted by Gasteiger charge is 2.16. The van der Waals surface area contributed by atoms with E-state index in [1.54, 1.807) is 7.11 Å². The van der Waals surface area contributed by atoms with Crippen molar-refractivity contribution in [2.24, 2.45) is 0 Å². The van der Waals surface area contributed by atoms with Gasteiger partial charge in [-0.25, -0.2) is 0 Å². The fraction of sp³-hybridized carbons (Fsp3) is 0.455. The van der Waals surface area contributed by atoms with Gasteiger partial charge in [-0.2, -0.15) is 0 Å². The van der Waals surface area contributed by atoms with Gasteiger partial charge in [0, 0.05) is 4.83 Å². The third-order valence-corrected chi connectivity index (χ3v) is 3.36. The van der Waals surface area contributed by atoms with Crippen molar-refractivity contribution in [3.63, 3.8) is 0 Å². The Morgan fingerprint density at radius 3 is 3.00 bits per heavy atom. The second kappa shape index (κ2) is 3.70. The minimum atomic E-state index is 0.661. The lowest BCUT2D eigenvalue weighted by Gasteiger charge is -2.20. The third kappa shape index (κ3) is 1.88. The molecule has 1 atom stereocenters. The topological polar surface area (TPSA) is 9.23 Å². The molecule has 2 heteroatoms. The Morgan fingerprint density at radius 2 is 2.23 bits per heavy atom. The summed E-state index contributed by atoms with van der Waals surface area (Å²) < 4.78 is 5.20. The highest BCUT2D eigenvalue weighted by molar-refractivity contribution is 9.09. The zero-order valence-corrected chi connectivity index (χ0v) is 9.30. The smallest absolute Gasteiger partial charge is 0.119 e. The van der Waals surface area contributed by atoms with E-state index in [1.807, 2.05) is 6.07 Å². The van der Waals surface area contributed by atoms with Gasteiger partial charge >= 0.3 is 0 Å². The van der Waals surface area contributed by atoms with Crippen LogP contribution in [0.3, 0.4) is 0 Å². The summed E-state index contributed by atoms with van der Waals surface area (Å²) in [7, 11) is 1.72. The Balaban J connectivity index is 2.31. The first-order valence-electron chi connectivity index (χ1n) is 4.59. The number of ether oxygens (including phenoxy) is 1. The first kappa shape index (κ1) is 9.07. The van der Waals surface area contributed by atoms with Crippen LogP contribution in [0.5, 0.6) is 5.75 Å².